The summed E-state index contributed by atoms with van der Waals surface area (Å²) in [6.45, 7) is 2.95. The van der Waals surface area contributed by atoms with Crippen molar-refractivity contribution in [3.8, 4) is 0 Å². The highest BCUT2D eigenvalue weighted by Crippen LogP contribution is 2.18. The van der Waals surface area contributed by atoms with Crippen LogP contribution < -0.4 is 5.32 Å². The molecule has 0 aliphatic heterocycles. The van der Waals surface area contributed by atoms with Crippen LogP contribution in [0.5, 0.6) is 0 Å². The number of rotatable bonds is 6. The van der Waals surface area contributed by atoms with E-state index in [0.29, 0.717) is 0 Å². The number of halogens is 2. The summed E-state index contributed by atoms with van der Waals surface area (Å²) in [5.41, 5.74) is 2.12. The van der Waals surface area contributed by atoms with Crippen molar-refractivity contribution in [2.24, 2.45) is 0 Å². The predicted molar refractivity (Wildman–Crippen MR) is 82.7 cm³/mol. The van der Waals surface area contributed by atoms with Gasteiger partial charge in [-0.05, 0) is 48.7 Å². The van der Waals surface area contributed by atoms with Gasteiger partial charge in [-0.3, -0.25) is 0 Å². The van der Waals surface area contributed by atoms with E-state index in [1.54, 1.807) is 12.1 Å². The van der Waals surface area contributed by atoms with Crippen LogP contribution >= 0.6 is 11.6 Å². The first kappa shape index (κ1) is 15.0. The SMILES string of the molecule is CCNC(Cc1cccc(F)c1)Cc1ccccc1Cl. The minimum absolute atomic E-state index is 0.185. The molecule has 0 aliphatic rings. The smallest absolute Gasteiger partial charge is 0.123 e. The lowest BCUT2D eigenvalue weighted by molar-refractivity contribution is 0.519. The lowest BCUT2D eigenvalue weighted by Crippen LogP contribution is -2.33. The number of likely N-dealkylation sites (N-methyl/N-ethyl adjacent to an activating group) is 1. The van der Waals surface area contributed by atoms with E-state index < -0.39 is 0 Å². The molecule has 0 fully saturated rings. The molecule has 0 amide bonds. The summed E-state index contributed by atoms with van der Waals surface area (Å²) in [6.07, 6.45) is 1.63. The van der Waals surface area contributed by atoms with Crippen LogP contribution in [0.25, 0.3) is 0 Å². The molecule has 2 rings (SSSR count). The topological polar surface area (TPSA) is 12.0 Å². The average molecular weight is 292 g/mol. The molecule has 0 aliphatic carbocycles. The van der Waals surface area contributed by atoms with Crippen LogP contribution in [0.4, 0.5) is 4.39 Å². The van der Waals surface area contributed by atoms with Gasteiger partial charge >= 0.3 is 0 Å². The molecule has 0 spiro atoms. The molecule has 0 radical (unpaired) electrons. The highest BCUT2D eigenvalue weighted by atomic mass is 35.5. The Bertz CT molecular complexity index is 556. The van der Waals surface area contributed by atoms with Gasteiger partial charge in [-0.25, -0.2) is 4.39 Å². The molecule has 2 aromatic rings. The number of benzene rings is 2. The second-order valence-electron chi connectivity index (χ2n) is 4.88. The van der Waals surface area contributed by atoms with E-state index in [1.165, 1.54) is 6.07 Å². The lowest BCUT2D eigenvalue weighted by Gasteiger charge is -2.19. The molecule has 1 N–H and O–H groups in total. The summed E-state index contributed by atoms with van der Waals surface area (Å²) in [7, 11) is 0. The van der Waals surface area contributed by atoms with Crippen molar-refractivity contribution in [1.29, 1.82) is 0 Å². The Balaban J connectivity index is 2.09. The molecular formula is C17H19ClFN. The van der Waals surface area contributed by atoms with Crippen LogP contribution in [0.3, 0.4) is 0 Å². The highest BCUT2D eigenvalue weighted by Gasteiger charge is 2.11. The van der Waals surface area contributed by atoms with E-state index in [2.05, 4.69) is 12.2 Å². The van der Waals surface area contributed by atoms with Gasteiger partial charge in [0.1, 0.15) is 5.82 Å². The summed E-state index contributed by atoms with van der Waals surface area (Å²) in [5.74, 6) is -0.185. The van der Waals surface area contributed by atoms with E-state index in [9.17, 15) is 4.39 Å². The Morgan fingerprint density at radius 2 is 1.90 bits per heavy atom. The summed E-state index contributed by atoms with van der Waals surface area (Å²) in [6, 6.07) is 14.9. The third-order valence-electron chi connectivity index (χ3n) is 3.29. The summed E-state index contributed by atoms with van der Waals surface area (Å²) in [4.78, 5) is 0. The molecule has 0 heterocycles. The van der Waals surface area contributed by atoms with Crippen LogP contribution in [0.1, 0.15) is 18.1 Å². The molecule has 2 aromatic carbocycles. The lowest BCUT2D eigenvalue weighted by atomic mass is 9.99. The summed E-state index contributed by atoms with van der Waals surface area (Å²) >= 11 is 6.21. The molecular weight excluding hydrogens is 273 g/mol. The van der Waals surface area contributed by atoms with E-state index in [0.717, 1.165) is 35.5 Å². The standard InChI is InChI=1S/C17H19ClFN/c1-2-20-16(11-13-6-5-8-15(19)10-13)12-14-7-3-4-9-17(14)18/h3-10,16,20H,2,11-12H2,1H3. The minimum Gasteiger partial charge on any atom is -0.314 e. The van der Waals surface area contributed by atoms with Crippen molar-refractivity contribution in [1.82, 2.24) is 5.32 Å². The Morgan fingerprint density at radius 1 is 1.10 bits per heavy atom. The Morgan fingerprint density at radius 3 is 2.60 bits per heavy atom. The zero-order chi connectivity index (χ0) is 14.4. The maximum atomic E-state index is 13.3. The largest absolute Gasteiger partial charge is 0.314 e. The van der Waals surface area contributed by atoms with E-state index in [1.807, 2.05) is 30.3 Å². The molecule has 20 heavy (non-hydrogen) atoms. The van der Waals surface area contributed by atoms with Crippen molar-refractivity contribution in [3.63, 3.8) is 0 Å². The first-order chi connectivity index (χ1) is 9.69. The second kappa shape index (κ2) is 7.41. The van der Waals surface area contributed by atoms with Crippen molar-refractivity contribution in [2.45, 2.75) is 25.8 Å². The average Bonchev–Trinajstić information content (AvgIpc) is 2.42. The fourth-order valence-corrected chi connectivity index (χ4v) is 2.60. The fourth-order valence-electron chi connectivity index (χ4n) is 2.38. The predicted octanol–water partition coefficient (Wildman–Crippen LogP) is 4.24. The Hall–Kier alpha value is -1.38. The first-order valence-electron chi connectivity index (χ1n) is 6.90. The van der Waals surface area contributed by atoms with Crippen LogP contribution in [0.2, 0.25) is 5.02 Å². The molecule has 106 valence electrons. The van der Waals surface area contributed by atoms with Gasteiger partial charge in [-0.1, -0.05) is 48.9 Å². The molecule has 1 unspecified atom stereocenters. The van der Waals surface area contributed by atoms with Gasteiger partial charge < -0.3 is 5.32 Å². The van der Waals surface area contributed by atoms with E-state index in [-0.39, 0.29) is 11.9 Å². The van der Waals surface area contributed by atoms with Crippen LogP contribution in [-0.4, -0.2) is 12.6 Å². The van der Waals surface area contributed by atoms with Crippen molar-refractivity contribution < 1.29 is 4.39 Å². The Labute approximate surface area is 124 Å². The molecule has 3 heteroatoms. The van der Waals surface area contributed by atoms with Gasteiger partial charge in [-0.2, -0.15) is 0 Å². The van der Waals surface area contributed by atoms with Crippen molar-refractivity contribution in [3.05, 3.63) is 70.5 Å². The molecule has 1 atom stereocenters. The van der Waals surface area contributed by atoms with Gasteiger partial charge in [-0.15, -0.1) is 0 Å². The van der Waals surface area contributed by atoms with Crippen LogP contribution in [0, 0.1) is 5.82 Å². The quantitative estimate of drug-likeness (QED) is 0.839. The normalized spacial score (nSPS) is 12.3. The second-order valence-corrected chi connectivity index (χ2v) is 5.29. The van der Waals surface area contributed by atoms with Gasteiger partial charge in [0.15, 0.2) is 0 Å². The minimum atomic E-state index is -0.185. The van der Waals surface area contributed by atoms with Gasteiger partial charge in [0.05, 0.1) is 0 Å². The maximum Gasteiger partial charge on any atom is 0.123 e. The molecule has 1 nitrogen and oxygen atoms in total. The van der Waals surface area contributed by atoms with E-state index in [4.69, 9.17) is 11.6 Å². The first-order valence-corrected chi connectivity index (χ1v) is 7.28. The molecule has 0 aromatic heterocycles. The third kappa shape index (κ3) is 4.32. The van der Waals surface area contributed by atoms with Gasteiger partial charge in [0.25, 0.3) is 0 Å². The highest BCUT2D eigenvalue weighted by molar-refractivity contribution is 6.31. The third-order valence-corrected chi connectivity index (χ3v) is 3.66. The van der Waals surface area contributed by atoms with Gasteiger partial charge in [0, 0.05) is 11.1 Å². The number of hydrogen-bond donors (Lipinski definition) is 1. The fraction of sp³-hybridized carbons (Fsp3) is 0.294. The maximum absolute atomic E-state index is 13.3. The Kier molecular flexibility index (Phi) is 5.57. The zero-order valence-electron chi connectivity index (χ0n) is 11.6. The van der Waals surface area contributed by atoms with Crippen molar-refractivity contribution >= 4 is 11.6 Å². The molecule has 0 bridgehead atoms. The molecule has 0 saturated carbocycles. The number of hydrogen-bond acceptors (Lipinski definition) is 1. The summed E-state index contributed by atoms with van der Waals surface area (Å²) < 4.78 is 13.3. The van der Waals surface area contributed by atoms with Crippen molar-refractivity contribution in [2.75, 3.05) is 6.54 Å². The van der Waals surface area contributed by atoms with Gasteiger partial charge in [0.2, 0.25) is 0 Å². The van der Waals surface area contributed by atoms with Crippen LogP contribution in [-0.2, 0) is 12.8 Å². The number of nitrogens with one attached hydrogen (secondary N) is 1. The summed E-state index contributed by atoms with van der Waals surface area (Å²) in [5, 5.41) is 4.23. The monoisotopic (exact) mass is 291 g/mol. The van der Waals surface area contributed by atoms with Crippen LogP contribution in [0.15, 0.2) is 48.5 Å². The zero-order valence-corrected chi connectivity index (χ0v) is 12.3. The van der Waals surface area contributed by atoms with E-state index >= 15 is 0 Å². The molecule has 0 saturated heterocycles.